The molecule has 1 N–H and O–H groups in total. The molecule has 0 fully saturated rings. The number of hydrogen-bond acceptors (Lipinski definition) is 4. The van der Waals surface area contributed by atoms with E-state index in [0.29, 0.717) is 23.1 Å². The quantitative estimate of drug-likeness (QED) is 0.881. The fourth-order valence-corrected chi connectivity index (χ4v) is 2.02. The van der Waals surface area contributed by atoms with Crippen LogP contribution in [0.25, 0.3) is 10.9 Å². The van der Waals surface area contributed by atoms with Crippen molar-refractivity contribution in [1.29, 1.82) is 0 Å². The van der Waals surface area contributed by atoms with E-state index in [1.54, 1.807) is 25.1 Å². The van der Waals surface area contributed by atoms with Crippen LogP contribution in [0, 0.1) is 5.41 Å². The molecule has 0 amide bonds. The van der Waals surface area contributed by atoms with Crippen LogP contribution in [0.1, 0.15) is 46.0 Å². The van der Waals surface area contributed by atoms with Crippen LogP contribution in [0.3, 0.4) is 0 Å². The molecule has 0 bridgehead atoms. The summed E-state index contributed by atoms with van der Waals surface area (Å²) in [5.74, 6) is 0.0618. The Kier molecular flexibility index (Phi) is 4.11. The van der Waals surface area contributed by atoms with Gasteiger partial charge in [0, 0.05) is 0 Å². The highest BCUT2D eigenvalue weighted by Crippen LogP contribution is 2.22. The first-order valence-corrected chi connectivity index (χ1v) is 6.95. The Hall–Kier alpha value is -2.17. The van der Waals surface area contributed by atoms with Crippen LogP contribution < -0.4 is 5.56 Å². The van der Waals surface area contributed by atoms with Crippen molar-refractivity contribution in [3.63, 3.8) is 0 Å². The lowest BCUT2D eigenvalue weighted by atomic mass is 9.92. The lowest BCUT2D eigenvalue weighted by Gasteiger charge is -2.19. The number of aromatic nitrogens is 2. The predicted octanol–water partition coefficient (Wildman–Crippen LogP) is 2.96. The summed E-state index contributed by atoms with van der Waals surface area (Å²) < 4.78 is 5.34. The maximum absolute atomic E-state index is 12.0. The third kappa shape index (κ3) is 3.90. The molecule has 1 atom stereocenters. The van der Waals surface area contributed by atoms with Crippen molar-refractivity contribution in [2.24, 2.45) is 5.41 Å². The molecule has 0 aliphatic carbocycles. The van der Waals surface area contributed by atoms with Gasteiger partial charge in [0.25, 0.3) is 5.56 Å². The van der Waals surface area contributed by atoms with Crippen molar-refractivity contribution in [3.05, 3.63) is 40.4 Å². The van der Waals surface area contributed by atoms with Gasteiger partial charge in [-0.2, -0.15) is 0 Å². The van der Waals surface area contributed by atoms with Crippen LogP contribution in [0.5, 0.6) is 0 Å². The van der Waals surface area contributed by atoms with Gasteiger partial charge in [0.2, 0.25) is 0 Å². The average Bonchev–Trinajstić information content (AvgIpc) is 2.36. The number of benzene rings is 1. The maximum atomic E-state index is 12.0. The van der Waals surface area contributed by atoms with Crippen LogP contribution in [-0.2, 0) is 9.53 Å². The van der Waals surface area contributed by atoms with Crippen molar-refractivity contribution in [2.75, 3.05) is 0 Å². The molecule has 0 spiro atoms. The number of fused-ring (bicyclic) bond motifs is 1. The number of carbonyl (C=O) groups is 1. The van der Waals surface area contributed by atoms with E-state index < -0.39 is 6.10 Å². The molecule has 112 valence electrons. The highest BCUT2D eigenvalue weighted by molar-refractivity contribution is 5.77. The van der Waals surface area contributed by atoms with Crippen molar-refractivity contribution in [1.82, 2.24) is 9.97 Å². The molecule has 21 heavy (non-hydrogen) atoms. The molecule has 5 nitrogen and oxygen atoms in total. The Morgan fingerprint density at radius 3 is 2.67 bits per heavy atom. The van der Waals surface area contributed by atoms with Crippen LogP contribution in [0.2, 0.25) is 0 Å². The van der Waals surface area contributed by atoms with Gasteiger partial charge in [0.1, 0.15) is 0 Å². The van der Waals surface area contributed by atoms with Gasteiger partial charge in [0.15, 0.2) is 11.9 Å². The van der Waals surface area contributed by atoms with Gasteiger partial charge < -0.3 is 9.72 Å². The Bertz CT molecular complexity index is 713. The zero-order chi connectivity index (χ0) is 15.6. The number of rotatable bonds is 3. The molecule has 0 aliphatic heterocycles. The number of carbonyl (C=O) groups excluding carboxylic acids is 1. The number of para-hydroxylation sites is 1. The molecule has 0 saturated carbocycles. The Morgan fingerprint density at radius 1 is 1.33 bits per heavy atom. The minimum absolute atomic E-state index is 0.138. The van der Waals surface area contributed by atoms with Crippen molar-refractivity contribution in [3.8, 4) is 0 Å². The summed E-state index contributed by atoms with van der Waals surface area (Å²) in [5, 5.41) is 0.523. The van der Waals surface area contributed by atoms with E-state index in [2.05, 4.69) is 9.97 Å². The highest BCUT2D eigenvalue weighted by atomic mass is 16.5. The van der Waals surface area contributed by atoms with Gasteiger partial charge in [-0.15, -0.1) is 0 Å². The topological polar surface area (TPSA) is 72.0 Å². The van der Waals surface area contributed by atoms with Crippen LogP contribution in [0.15, 0.2) is 29.1 Å². The van der Waals surface area contributed by atoms with Crippen molar-refractivity contribution < 1.29 is 9.53 Å². The third-order valence-corrected chi connectivity index (χ3v) is 3.00. The van der Waals surface area contributed by atoms with E-state index in [-0.39, 0.29) is 16.9 Å². The van der Waals surface area contributed by atoms with E-state index in [1.165, 1.54) is 0 Å². The normalized spacial score (nSPS) is 13.1. The number of nitrogens with one attached hydrogen (secondary N) is 1. The van der Waals surface area contributed by atoms with Gasteiger partial charge in [0.05, 0.1) is 17.3 Å². The zero-order valence-corrected chi connectivity index (χ0v) is 12.8. The summed E-state index contributed by atoms with van der Waals surface area (Å²) in [7, 11) is 0. The van der Waals surface area contributed by atoms with Gasteiger partial charge in [-0.05, 0) is 24.5 Å². The number of H-pyrrole nitrogens is 1. The summed E-state index contributed by atoms with van der Waals surface area (Å²) in [6, 6.07) is 7.07. The number of esters is 1. The number of aromatic amines is 1. The minimum Gasteiger partial charge on any atom is -0.454 e. The minimum atomic E-state index is -0.586. The molecule has 0 saturated heterocycles. The average molecular weight is 288 g/mol. The molecular formula is C16H20N2O3. The fraction of sp³-hybridized carbons (Fsp3) is 0.438. The molecular weight excluding hydrogens is 268 g/mol. The molecule has 2 rings (SSSR count). The van der Waals surface area contributed by atoms with E-state index in [9.17, 15) is 9.59 Å². The first-order chi connectivity index (χ1) is 9.76. The lowest BCUT2D eigenvalue weighted by Crippen LogP contribution is -2.20. The Labute approximate surface area is 123 Å². The second-order valence-corrected chi connectivity index (χ2v) is 6.34. The second kappa shape index (κ2) is 5.68. The maximum Gasteiger partial charge on any atom is 0.307 e. The smallest absolute Gasteiger partial charge is 0.307 e. The van der Waals surface area contributed by atoms with Crippen LogP contribution in [-0.4, -0.2) is 15.9 Å². The molecule has 5 heteroatoms. The summed E-state index contributed by atoms with van der Waals surface area (Å²) in [4.78, 5) is 30.9. The molecule has 1 heterocycles. The summed E-state index contributed by atoms with van der Waals surface area (Å²) in [6.45, 7) is 7.60. The molecule has 0 unspecified atom stereocenters. The SMILES string of the molecule is C[C@H](OC(=O)CC(C)(C)C)c1nc2ccccc2c(=O)[nH]1. The first kappa shape index (κ1) is 15.2. The molecule has 0 aliphatic rings. The molecule has 0 radical (unpaired) electrons. The fourth-order valence-electron chi connectivity index (χ4n) is 2.02. The van der Waals surface area contributed by atoms with Gasteiger partial charge in [-0.25, -0.2) is 4.98 Å². The monoisotopic (exact) mass is 288 g/mol. The number of nitrogens with zero attached hydrogens (tertiary/aromatic N) is 1. The molecule has 1 aromatic heterocycles. The van der Waals surface area contributed by atoms with Gasteiger partial charge >= 0.3 is 5.97 Å². The van der Waals surface area contributed by atoms with Gasteiger partial charge in [-0.3, -0.25) is 9.59 Å². The largest absolute Gasteiger partial charge is 0.454 e. The Morgan fingerprint density at radius 2 is 2.00 bits per heavy atom. The number of hydrogen-bond donors (Lipinski definition) is 1. The van der Waals surface area contributed by atoms with Crippen LogP contribution >= 0.6 is 0 Å². The molecule has 1 aromatic carbocycles. The second-order valence-electron chi connectivity index (χ2n) is 6.34. The predicted molar refractivity (Wildman–Crippen MR) is 80.9 cm³/mol. The highest BCUT2D eigenvalue weighted by Gasteiger charge is 2.21. The summed E-state index contributed by atoms with van der Waals surface area (Å²) in [6.07, 6.45) is -0.271. The van der Waals surface area contributed by atoms with Crippen molar-refractivity contribution in [2.45, 2.75) is 40.2 Å². The summed E-state index contributed by atoms with van der Waals surface area (Å²) >= 11 is 0. The third-order valence-electron chi connectivity index (χ3n) is 3.00. The van der Waals surface area contributed by atoms with Gasteiger partial charge in [-0.1, -0.05) is 32.9 Å². The van der Waals surface area contributed by atoms with E-state index >= 15 is 0 Å². The van der Waals surface area contributed by atoms with E-state index in [0.717, 1.165) is 0 Å². The zero-order valence-electron chi connectivity index (χ0n) is 12.8. The van der Waals surface area contributed by atoms with Crippen molar-refractivity contribution >= 4 is 16.9 Å². The van der Waals surface area contributed by atoms with Crippen LogP contribution in [0.4, 0.5) is 0 Å². The molecule has 2 aromatic rings. The van der Waals surface area contributed by atoms with E-state index in [1.807, 2.05) is 26.8 Å². The standard InChI is InChI=1S/C16H20N2O3/c1-10(21-13(19)9-16(2,3)4)14-17-12-8-6-5-7-11(12)15(20)18-14/h5-8,10H,9H2,1-4H3,(H,17,18,20)/t10-/m0/s1. The lowest BCUT2D eigenvalue weighted by molar-refractivity contribution is -0.151. The van der Waals surface area contributed by atoms with E-state index in [4.69, 9.17) is 4.74 Å². The first-order valence-electron chi connectivity index (χ1n) is 6.95. The number of ether oxygens (including phenoxy) is 1. The Balaban J connectivity index is 2.22. The summed E-state index contributed by atoms with van der Waals surface area (Å²) in [5.41, 5.74) is 0.227.